The fraction of sp³-hybridized carbons (Fsp3) is 0.438. The zero-order valence-electron chi connectivity index (χ0n) is 15.2. The van der Waals surface area contributed by atoms with Gasteiger partial charge in [0.05, 0.1) is 17.7 Å². The van der Waals surface area contributed by atoms with Gasteiger partial charge in [0.15, 0.2) is 6.61 Å². The summed E-state index contributed by atoms with van der Waals surface area (Å²) in [6.07, 6.45) is 0. The molecule has 0 radical (unpaired) electrons. The van der Waals surface area contributed by atoms with Gasteiger partial charge in [0.25, 0.3) is 5.91 Å². The molecular formula is C16H21ClN2O7S. The Balaban J connectivity index is 2.88. The highest BCUT2D eigenvalue weighted by molar-refractivity contribution is 7.89. The number of nitrogens with one attached hydrogen (secondary N) is 1. The van der Waals surface area contributed by atoms with Crippen molar-refractivity contribution in [3.05, 3.63) is 28.8 Å². The molecule has 0 aliphatic rings. The lowest BCUT2D eigenvalue weighted by Crippen LogP contribution is -2.33. The van der Waals surface area contributed by atoms with E-state index in [1.54, 1.807) is 13.8 Å². The lowest BCUT2D eigenvalue weighted by atomic mass is 10.2. The Labute approximate surface area is 162 Å². The van der Waals surface area contributed by atoms with E-state index < -0.39 is 34.5 Å². The van der Waals surface area contributed by atoms with E-state index in [4.69, 9.17) is 16.3 Å². The highest BCUT2D eigenvalue weighted by Gasteiger charge is 2.26. The van der Waals surface area contributed by atoms with Crippen molar-refractivity contribution in [2.24, 2.45) is 0 Å². The van der Waals surface area contributed by atoms with Crippen LogP contribution in [0.15, 0.2) is 23.1 Å². The van der Waals surface area contributed by atoms with Crippen LogP contribution in [-0.2, 0) is 29.1 Å². The standard InChI is InChI=1S/C16H21ClN2O7S/c1-4-19(5-2)27(23,24)13-8-11(6-7-12(13)17)16(22)26-10-14(20)18-9-15(21)25-3/h6-8H,4-5,9-10H2,1-3H3,(H,18,20). The van der Waals surface area contributed by atoms with E-state index in [-0.39, 0.29) is 35.1 Å². The molecule has 1 rings (SSSR count). The highest BCUT2D eigenvalue weighted by Crippen LogP contribution is 2.26. The molecule has 0 aromatic heterocycles. The van der Waals surface area contributed by atoms with E-state index in [0.717, 1.165) is 6.07 Å². The highest BCUT2D eigenvalue weighted by atomic mass is 35.5. The van der Waals surface area contributed by atoms with Crippen LogP contribution in [0.1, 0.15) is 24.2 Å². The molecular weight excluding hydrogens is 400 g/mol. The Morgan fingerprint density at radius 2 is 1.81 bits per heavy atom. The molecule has 0 unspecified atom stereocenters. The third kappa shape index (κ3) is 6.19. The Morgan fingerprint density at radius 3 is 2.37 bits per heavy atom. The molecule has 0 heterocycles. The molecule has 0 aliphatic heterocycles. The van der Waals surface area contributed by atoms with Crippen LogP contribution in [-0.4, -0.2) is 63.9 Å². The van der Waals surface area contributed by atoms with Crippen LogP contribution in [0, 0.1) is 0 Å². The lowest BCUT2D eigenvalue weighted by molar-refractivity contribution is -0.141. The normalized spacial score (nSPS) is 11.1. The number of hydrogen-bond donors (Lipinski definition) is 1. The summed E-state index contributed by atoms with van der Waals surface area (Å²) in [6, 6.07) is 3.66. The molecule has 1 aromatic carbocycles. The van der Waals surface area contributed by atoms with E-state index in [1.807, 2.05) is 0 Å². The van der Waals surface area contributed by atoms with Gasteiger partial charge >= 0.3 is 11.9 Å². The van der Waals surface area contributed by atoms with Crippen molar-refractivity contribution in [1.82, 2.24) is 9.62 Å². The van der Waals surface area contributed by atoms with Crippen molar-refractivity contribution in [2.75, 3.05) is 33.4 Å². The third-order valence-electron chi connectivity index (χ3n) is 3.48. The Hall–Kier alpha value is -2.17. The summed E-state index contributed by atoms with van der Waals surface area (Å²) in [5.74, 6) is -2.27. The quantitative estimate of drug-likeness (QED) is 0.587. The van der Waals surface area contributed by atoms with Gasteiger partial charge in [-0.25, -0.2) is 13.2 Å². The molecule has 1 N–H and O–H groups in total. The summed E-state index contributed by atoms with van der Waals surface area (Å²) >= 11 is 5.99. The molecule has 11 heteroatoms. The summed E-state index contributed by atoms with van der Waals surface area (Å²) in [7, 11) is -2.71. The van der Waals surface area contributed by atoms with Crippen LogP contribution in [0.2, 0.25) is 5.02 Å². The van der Waals surface area contributed by atoms with Gasteiger partial charge in [-0.3, -0.25) is 9.59 Å². The number of sulfonamides is 1. The number of amides is 1. The summed E-state index contributed by atoms with van der Waals surface area (Å²) in [5.41, 5.74) is -0.0779. The number of carbonyl (C=O) groups excluding carboxylic acids is 3. The van der Waals surface area contributed by atoms with Gasteiger partial charge in [0.1, 0.15) is 11.4 Å². The first kappa shape index (κ1) is 22.9. The number of hydrogen-bond acceptors (Lipinski definition) is 7. The smallest absolute Gasteiger partial charge is 0.338 e. The van der Waals surface area contributed by atoms with Gasteiger partial charge in [0.2, 0.25) is 10.0 Å². The SMILES string of the molecule is CCN(CC)S(=O)(=O)c1cc(C(=O)OCC(=O)NCC(=O)OC)ccc1Cl. The number of methoxy groups -OCH3 is 1. The van der Waals surface area contributed by atoms with Crippen LogP contribution in [0.5, 0.6) is 0 Å². The molecule has 9 nitrogen and oxygen atoms in total. The van der Waals surface area contributed by atoms with Crippen molar-refractivity contribution in [3.63, 3.8) is 0 Å². The third-order valence-corrected chi connectivity index (χ3v) is 6.01. The average molecular weight is 421 g/mol. The van der Waals surface area contributed by atoms with Gasteiger partial charge in [0, 0.05) is 13.1 Å². The van der Waals surface area contributed by atoms with Gasteiger partial charge in [-0.15, -0.1) is 0 Å². The van der Waals surface area contributed by atoms with Crippen molar-refractivity contribution < 1.29 is 32.3 Å². The minimum atomic E-state index is -3.88. The number of benzene rings is 1. The largest absolute Gasteiger partial charge is 0.468 e. The number of ether oxygens (including phenoxy) is 2. The number of rotatable bonds is 9. The monoisotopic (exact) mass is 420 g/mol. The van der Waals surface area contributed by atoms with E-state index in [0.29, 0.717) is 0 Å². The Bertz CT molecular complexity index is 807. The maximum atomic E-state index is 12.6. The van der Waals surface area contributed by atoms with E-state index in [9.17, 15) is 22.8 Å². The zero-order valence-corrected chi connectivity index (χ0v) is 16.7. The van der Waals surface area contributed by atoms with E-state index >= 15 is 0 Å². The van der Waals surface area contributed by atoms with Crippen LogP contribution in [0.25, 0.3) is 0 Å². The Kier molecular flexibility index (Phi) is 8.67. The average Bonchev–Trinajstić information content (AvgIpc) is 2.64. The van der Waals surface area contributed by atoms with Gasteiger partial charge in [-0.05, 0) is 18.2 Å². The summed E-state index contributed by atoms with van der Waals surface area (Å²) in [6.45, 7) is 2.84. The predicted molar refractivity (Wildman–Crippen MR) is 96.9 cm³/mol. The minimum Gasteiger partial charge on any atom is -0.468 e. The van der Waals surface area contributed by atoms with Crippen LogP contribution in [0.4, 0.5) is 0 Å². The molecule has 0 fully saturated rings. The number of nitrogens with zero attached hydrogens (tertiary/aromatic N) is 1. The molecule has 0 atom stereocenters. The fourth-order valence-electron chi connectivity index (χ4n) is 2.04. The molecule has 0 saturated carbocycles. The number of halogens is 1. The number of esters is 2. The second kappa shape index (κ2) is 10.2. The molecule has 150 valence electrons. The predicted octanol–water partition coefficient (Wildman–Crippen LogP) is 0.817. The topological polar surface area (TPSA) is 119 Å². The summed E-state index contributed by atoms with van der Waals surface area (Å²) in [4.78, 5) is 34.3. The first-order valence-corrected chi connectivity index (χ1v) is 9.79. The molecule has 27 heavy (non-hydrogen) atoms. The van der Waals surface area contributed by atoms with Crippen molar-refractivity contribution in [2.45, 2.75) is 18.7 Å². The molecule has 1 aromatic rings. The second-order valence-electron chi connectivity index (χ2n) is 5.16. The van der Waals surface area contributed by atoms with Gasteiger partial charge < -0.3 is 14.8 Å². The van der Waals surface area contributed by atoms with E-state index in [1.165, 1.54) is 23.5 Å². The van der Waals surface area contributed by atoms with Crippen molar-refractivity contribution >= 4 is 39.5 Å². The molecule has 0 spiro atoms. The summed E-state index contributed by atoms with van der Waals surface area (Å²) < 4.78 is 35.6. The maximum Gasteiger partial charge on any atom is 0.338 e. The minimum absolute atomic E-state index is 0.0331. The Morgan fingerprint density at radius 1 is 1.19 bits per heavy atom. The van der Waals surface area contributed by atoms with Crippen molar-refractivity contribution in [3.8, 4) is 0 Å². The second-order valence-corrected chi connectivity index (χ2v) is 7.48. The van der Waals surface area contributed by atoms with Gasteiger partial charge in [-0.1, -0.05) is 25.4 Å². The molecule has 0 aliphatic carbocycles. The number of carbonyl (C=O) groups is 3. The van der Waals surface area contributed by atoms with E-state index in [2.05, 4.69) is 10.1 Å². The summed E-state index contributed by atoms with van der Waals surface area (Å²) in [5, 5.41) is 2.17. The lowest BCUT2D eigenvalue weighted by Gasteiger charge is -2.19. The fourth-order valence-corrected chi connectivity index (χ4v) is 4.00. The molecule has 0 saturated heterocycles. The maximum absolute atomic E-state index is 12.6. The van der Waals surface area contributed by atoms with Gasteiger partial charge in [-0.2, -0.15) is 4.31 Å². The first-order chi connectivity index (χ1) is 12.7. The van der Waals surface area contributed by atoms with Crippen LogP contribution in [0.3, 0.4) is 0 Å². The van der Waals surface area contributed by atoms with Crippen LogP contribution >= 0.6 is 11.6 Å². The molecule has 1 amide bonds. The first-order valence-electron chi connectivity index (χ1n) is 7.97. The van der Waals surface area contributed by atoms with Crippen molar-refractivity contribution in [1.29, 1.82) is 0 Å². The zero-order chi connectivity index (χ0) is 20.6. The molecule has 0 bridgehead atoms. The van der Waals surface area contributed by atoms with Crippen LogP contribution < -0.4 is 5.32 Å².